The number of thiazole rings is 2. The van der Waals surface area contributed by atoms with Crippen LogP contribution in [0.1, 0.15) is 25.3 Å². The van der Waals surface area contributed by atoms with Crippen LogP contribution in [0.15, 0.2) is 11.6 Å². The molecule has 0 aliphatic rings. The van der Waals surface area contributed by atoms with Crippen molar-refractivity contribution in [3.05, 3.63) is 16.6 Å². The smallest absolute Gasteiger partial charge is 0.183 e. The Hall–Kier alpha value is -0.590. The maximum Gasteiger partial charge on any atom is 0.183 e. The Labute approximate surface area is 120 Å². The van der Waals surface area contributed by atoms with Gasteiger partial charge in [0, 0.05) is 23.4 Å². The maximum absolute atomic E-state index is 4.61. The molecule has 0 spiro atoms. The SMILES string of the molecule is CCC(C)Nc1nc(-c2cnc(CSC)s2)cs1. The molecular weight excluding hydrogens is 282 g/mol. The van der Waals surface area contributed by atoms with E-state index >= 15 is 0 Å². The van der Waals surface area contributed by atoms with Crippen molar-refractivity contribution in [3.63, 3.8) is 0 Å². The third kappa shape index (κ3) is 3.46. The summed E-state index contributed by atoms with van der Waals surface area (Å²) in [6, 6.07) is 0.470. The van der Waals surface area contributed by atoms with Gasteiger partial charge in [0.05, 0.1) is 10.6 Å². The van der Waals surface area contributed by atoms with Gasteiger partial charge in [-0.1, -0.05) is 6.92 Å². The zero-order chi connectivity index (χ0) is 13.0. The third-order valence-electron chi connectivity index (χ3n) is 2.56. The van der Waals surface area contributed by atoms with Crippen molar-refractivity contribution in [2.45, 2.75) is 32.1 Å². The van der Waals surface area contributed by atoms with Gasteiger partial charge in [-0.05, 0) is 19.6 Å². The molecular formula is C12H17N3S3. The molecule has 2 aromatic heterocycles. The molecule has 2 heterocycles. The number of rotatable bonds is 6. The highest BCUT2D eigenvalue weighted by molar-refractivity contribution is 7.97. The van der Waals surface area contributed by atoms with Crippen LogP contribution in [0, 0.1) is 0 Å². The Morgan fingerprint density at radius 2 is 2.33 bits per heavy atom. The Balaban J connectivity index is 2.08. The lowest BCUT2D eigenvalue weighted by Crippen LogP contribution is -2.12. The van der Waals surface area contributed by atoms with Crippen molar-refractivity contribution in [3.8, 4) is 10.6 Å². The number of hydrogen-bond donors (Lipinski definition) is 1. The lowest BCUT2D eigenvalue weighted by atomic mass is 10.3. The molecule has 0 bridgehead atoms. The number of thioether (sulfide) groups is 1. The number of hydrogen-bond acceptors (Lipinski definition) is 6. The van der Waals surface area contributed by atoms with Crippen LogP contribution in [-0.2, 0) is 5.75 Å². The van der Waals surface area contributed by atoms with Crippen molar-refractivity contribution in [1.29, 1.82) is 0 Å². The fraction of sp³-hybridized carbons (Fsp3) is 0.500. The normalized spacial score (nSPS) is 12.6. The van der Waals surface area contributed by atoms with Gasteiger partial charge in [0.25, 0.3) is 0 Å². The summed E-state index contributed by atoms with van der Waals surface area (Å²) in [6.45, 7) is 4.34. The van der Waals surface area contributed by atoms with Gasteiger partial charge in [0.1, 0.15) is 5.01 Å². The number of nitrogens with zero attached hydrogens (tertiary/aromatic N) is 2. The van der Waals surface area contributed by atoms with Crippen LogP contribution in [0.5, 0.6) is 0 Å². The number of anilines is 1. The topological polar surface area (TPSA) is 37.8 Å². The zero-order valence-corrected chi connectivity index (χ0v) is 13.2. The highest BCUT2D eigenvalue weighted by Gasteiger charge is 2.09. The summed E-state index contributed by atoms with van der Waals surface area (Å²) < 4.78 is 0. The Kier molecular flexibility index (Phi) is 5.03. The summed E-state index contributed by atoms with van der Waals surface area (Å²) in [5, 5.41) is 7.67. The van der Waals surface area contributed by atoms with Crippen molar-refractivity contribution in [1.82, 2.24) is 9.97 Å². The van der Waals surface area contributed by atoms with E-state index in [0.717, 1.165) is 27.9 Å². The minimum atomic E-state index is 0.470. The first-order valence-electron chi connectivity index (χ1n) is 5.89. The van der Waals surface area contributed by atoms with E-state index in [0.29, 0.717) is 6.04 Å². The van der Waals surface area contributed by atoms with Crippen LogP contribution in [0.3, 0.4) is 0 Å². The van der Waals surface area contributed by atoms with E-state index in [9.17, 15) is 0 Å². The number of aromatic nitrogens is 2. The standard InChI is InChI=1S/C12H17N3S3/c1-4-8(2)14-12-15-9(6-17-12)10-5-13-11(18-10)7-16-3/h5-6,8H,4,7H2,1-3H3,(H,14,15). The molecule has 18 heavy (non-hydrogen) atoms. The molecule has 0 aliphatic heterocycles. The second kappa shape index (κ2) is 6.54. The molecule has 0 fully saturated rings. The molecule has 98 valence electrons. The molecule has 1 N–H and O–H groups in total. The minimum Gasteiger partial charge on any atom is -0.359 e. The van der Waals surface area contributed by atoms with Gasteiger partial charge in [-0.2, -0.15) is 11.8 Å². The predicted octanol–water partition coefficient (Wildman–Crippen LogP) is 4.34. The lowest BCUT2D eigenvalue weighted by molar-refractivity contribution is 0.763. The minimum absolute atomic E-state index is 0.470. The van der Waals surface area contributed by atoms with Crippen molar-refractivity contribution in [2.24, 2.45) is 0 Å². The molecule has 1 atom stereocenters. The summed E-state index contributed by atoms with van der Waals surface area (Å²) in [4.78, 5) is 10.2. The highest BCUT2D eigenvalue weighted by Crippen LogP contribution is 2.30. The van der Waals surface area contributed by atoms with E-state index < -0.39 is 0 Å². The Morgan fingerprint density at radius 3 is 3.06 bits per heavy atom. The van der Waals surface area contributed by atoms with Crippen LogP contribution in [0.2, 0.25) is 0 Å². The van der Waals surface area contributed by atoms with Gasteiger partial charge in [0.15, 0.2) is 5.13 Å². The first-order valence-corrected chi connectivity index (χ1v) is 8.98. The van der Waals surface area contributed by atoms with E-state index in [4.69, 9.17) is 0 Å². The molecule has 3 nitrogen and oxygen atoms in total. The molecule has 2 aromatic rings. The summed E-state index contributed by atoms with van der Waals surface area (Å²) in [6.07, 6.45) is 5.13. The lowest BCUT2D eigenvalue weighted by Gasteiger charge is -2.08. The van der Waals surface area contributed by atoms with Gasteiger partial charge in [-0.25, -0.2) is 9.97 Å². The predicted molar refractivity (Wildman–Crippen MR) is 83.8 cm³/mol. The summed E-state index contributed by atoms with van der Waals surface area (Å²) in [7, 11) is 0. The molecule has 0 saturated carbocycles. The molecule has 0 amide bonds. The quantitative estimate of drug-likeness (QED) is 0.861. The fourth-order valence-corrected chi connectivity index (χ4v) is 3.87. The van der Waals surface area contributed by atoms with Gasteiger partial charge in [-0.15, -0.1) is 22.7 Å². The van der Waals surface area contributed by atoms with E-state index in [2.05, 4.69) is 40.8 Å². The van der Waals surface area contributed by atoms with Crippen LogP contribution < -0.4 is 5.32 Å². The van der Waals surface area contributed by atoms with E-state index in [1.165, 1.54) is 5.01 Å². The van der Waals surface area contributed by atoms with Crippen LogP contribution in [0.25, 0.3) is 10.6 Å². The average molecular weight is 299 g/mol. The monoisotopic (exact) mass is 299 g/mol. The van der Waals surface area contributed by atoms with Gasteiger partial charge in [-0.3, -0.25) is 0 Å². The fourth-order valence-electron chi connectivity index (χ4n) is 1.38. The Morgan fingerprint density at radius 1 is 1.50 bits per heavy atom. The first kappa shape index (κ1) is 13.8. The molecule has 0 radical (unpaired) electrons. The van der Waals surface area contributed by atoms with Gasteiger partial charge < -0.3 is 5.32 Å². The van der Waals surface area contributed by atoms with Crippen molar-refractivity contribution < 1.29 is 0 Å². The van der Waals surface area contributed by atoms with E-state index in [1.54, 1.807) is 34.4 Å². The number of nitrogens with one attached hydrogen (secondary N) is 1. The van der Waals surface area contributed by atoms with Gasteiger partial charge >= 0.3 is 0 Å². The molecule has 1 unspecified atom stereocenters. The summed E-state index contributed by atoms with van der Waals surface area (Å²) in [5.74, 6) is 0.979. The van der Waals surface area contributed by atoms with E-state index in [1.807, 2.05) is 6.20 Å². The third-order valence-corrected chi connectivity index (χ3v) is 5.10. The summed E-state index contributed by atoms with van der Waals surface area (Å²) >= 11 is 5.19. The molecule has 6 heteroatoms. The Bertz CT molecular complexity index is 492. The van der Waals surface area contributed by atoms with Gasteiger partial charge in [0.2, 0.25) is 0 Å². The molecule has 0 saturated heterocycles. The molecule has 0 aromatic carbocycles. The molecule has 0 aliphatic carbocycles. The first-order chi connectivity index (χ1) is 8.72. The van der Waals surface area contributed by atoms with Crippen LogP contribution in [-0.4, -0.2) is 22.3 Å². The second-order valence-corrected chi connectivity index (χ2v) is 6.88. The van der Waals surface area contributed by atoms with Crippen LogP contribution in [0.4, 0.5) is 5.13 Å². The highest BCUT2D eigenvalue weighted by atomic mass is 32.2. The summed E-state index contributed by atoms with van der Waals surface area (Å²) in [5.41, 5.74) is 1.04. The zero-order valence-electron chi connectivity index (χ0n) is 10.8. The second-order valence-electron chi connectivity index (χ2n) is 4.04. The van der Waals surface area contributed by atoms with E-state index in [-0.39, 0.29) is 0 Å². The molecule has 2 rings (SSSR count). The van der Waals surface area contributed by atoms with Crippen LogP contribution >= 0.6 is 34.4 Å². The van der Waals surface area contributed by atoms with Crippen molar-refractivity contribution >= 4 is 39.6 Å². The average Bonchev–Trinajstić information content (AvgIpc) is 2.98. The maximum atomic E-state index is 4.61. The largest absolute Gasteiger partial charge is 0.359 e. The van der Waals surface area contributed by atoms with Crippen molar-refractivity contribution in [2.75, 3.05) is 11.6 Å².